The molecule has 0 spiro atoms. The summed E-state index contributed by atoms with van der Waals surface area (Å²) in [5.41, 5.74) is 0. The molecule has 1 rings (SSSR count). The van der Waals surface area contributed by atoms with Gasteiger partial charge in [0.1, 0.15) is 0 Å². The predicted molar refractivity (Wildman–Crippen MR) is 55.6 cm³/mol. The van der Waals surface area contributed by atoms with Gasteiger partial charge in [0, 0.05) is 0 Å². The van der Waals surface area contributed by atoms with Crippen molar-refractivity contribution in [1.29, 1.82) is 0 Å². The lowest BCUT2D eigenvalue weighted by atomic mass is 9.86. The monoisotopic (exact) mass is 180 g/mol. The fraction of sp³-hybridized carbons (Fsp3) is 0.750. The van der Waals surface area contributed by atoms with Crippen LogP contribution in [0.1, 0.15) is 51.9 Å². The SMILES string of the molecule is CC(=O)C=CCCC1CCCCC1. The molecule has 74 valence electrons. The first kappa shape index (κ1) is 10.5. The summed E-state index contributed by atoms with van der Waals surface area (Å²) in [6, 6.07) is 0. The molecule has 1 saturated carbocycles. The Kier molecular flexibility index (Phi) is 4.81. The van der Waals surface area contributed by atoms with E-state index in [1.54, 1.807) is 13.0 Å². The van der Waals surface area contributed by atoms with Crippen molar-refractivity contribution < 1.29 is 4.79 Å². The van der Waals surface area contributed by atoms with Crippen molar-refractivity contribution in [3.05, 3.63) is 12.2 Å². The number of carbonyl (C=O) groups excluding carboxylic acids is 1. The average molecular weight is 180 g/mol. The lowest BCUT2D eigenvalue weighted by Gasteiger charge is -2.20. The average Bonchev–Trinajstić information content (AvgIpc) is 2.14. The molecule has 0 radical (unpaired) electrons. The minimum absolute atomic E-state index is 0.170. The lowest BCUT2D eigenvalue weighted by Crippen LogP contribution is -2.05. The van der Waals surface area contributed by atoms with Gasteiger partial charge in [-0.25, -0.2) is 0 Å². The van der Waals surface area contributed by atoms with Crippen molar-refractivity contribution in [2.75, 3.05) is 0 Å². The summed E-state index contributed by atoms with van der Waals surface area (Å²) >= 11 is 0. The summed E-state index contributed by atoms with van der Waals surface area (Å²) < 4.78 is 0. The Balaban J connectivity index is 2.07. The highest BCUT2D eigenvalue weighted by molar-refractivity contribution is 5.87. The molecule has 1 aliphatic rings. The van der Waals surface area contributed by atoms with E-state index in [-0.39, 0.29) is 5.78 Å². The first-order valence-electron chi connectivity index (χ1n) is 5.46. The third-order valence-corrected chi connectivity index (χ3v) is 2.82. The van der Waals surface area contributed by atoms with Gasteiger partial charge >= 0.3 is 0 Å². The van der Waals surface area contributed by atoms with Gasteiger partial charge in [-0.05, 0) is 31.8 Å². The van der Waals surface area contributed by atoms with E-state index in [1.165, 1.54) is 38.5 Å². The molecule has 0 aromatic carbocycles. The summed E-state index contributed by atoms with van der Waals surface area (Å²) in [5, 5.41) is 0. The Labute approximate surface area is 81.2 Å². The summed E-state index contributed by atoms with van der Waals surface area (Å²) in [6.07, 6.45) is 13.2. The van der Waals surface area contributed by atoms with E-state index in [0.717, 1.165) is 12.3 Å². The minimum atomic E-state index is 0.170. The van der Waals surface area contributed by atoms with Crippen LogP contribution in [0.5, 0.6) is 0 Å². The fourth-order valence-corrected chi connectivity index (χ4v) is 2.06. The van der Waals surface area contributed by atoms with E-state index in [2.05, 4.69) is 0 Å². The molecule has 0 N–H and O–H groups in total. The molecule has 0 aromatic heterocycles. The van der Waals surface area contributed by atoms with Crippen LogP contribution in [0.4, 0.5) is 0 Å². The summed E-state index contributed by atoms with van der Waals surface area (Å²) in [4.78, 5) is 10.6. The van der Waals surface area contributed by atoms with Crippen molar-refractivity contribution in [1.82, 2.24) is 0 Å². The molecule has 0 heterocycles. The van der Waals surface area contributed by atoms with Crippen LogP contribution >= 0.6 is 0 Å². The van der Waals surface area contributed by atoms with E-state index in [9.17, 15) is 4.79 Å². The van der Waals surface area contributed by atoms with Crippen LogP contribution in [0.3, 0.4) is 0 Å². The Morgan fingerprint density at radius 2 is 2.00 bits per heavy atom. The molecular formula is C12H20O. The zero-order valence-electron chi connectivity index (χ0n) is 8.59. The Morgan fingerprint density at radius 1 is 1.31 bits per heavy atom. The van der Waals surface area contributed by atoms with Crippen molar-refractivity contribution in [2.45, 2.75) is 51.9 Å². The number of allylic oxidation sites excluding steroid dienone is 2. The molecule has 0 atom stereocenters. The number of carbonyl (C=O) groups is 1. The van der Waals surface area contributed by atoms with Gasteiger partial charge in [-0.3, -0.25) is 4.79 Å². The molecule has 1 heteroatoms. The highest BCUT2D eigenvalue weighted by Gasteiger charge is 2.11. The van der Waals surface area contributed by atoms with Crippen LogP contribution in [-0.4, -0.2) is 5.78 Å². The van der Waals surface area contributed by atoms with E-state index >= 15 is 0 Å². The normalized spacial score (nSPS) is 19.5. The van der Waals surface area contributed by atoms with Crippen molar-refractivity contribution in [3.8, 4) is 0 Å². The molecule has 0 saturated heterocycles. The van der Waals surface area contributed by atoms with E-state index in [0.29, 0.717) is 0 Å². The highest BCUT2D eigenvalue weighted by Crippen LogP contribution is 2.27. The van der Waals surface area contributed by atoms with Crippen LogP contribution in [-0.2, 0) is 4.79 Å². The summed E-state index contributed by atoms with van der Waals surface area (Å²) in [7, 11) is 0. The van der Waals surface area contributed by atoms with Crippen molar-refractivity contribution >= 4 is 5.78 Å². The van der Waals surface area contributed by atoms with Gasteiger partial charge in [0.2, 0.25) is 0 Å². The fourth-order valence-electron chi connectivity index (χ4n) is 2.06. The smallest absolute Gasteiger partial charge is 0.152 e. The molecule has 0 unspecified atom stereocenters. The maximum atomic E-state index is 10.6. The predicted octanol–water partition coefficient (Wildman–Crippen LogP) is 3.49. The van der Waals surface area contributed by atoms with Gasteiger partial charge < -0.3 is 0 Å². The van der Waals surface area contributed by atoms with Gasteiger partial charge in [-0.15, -0.1) is 0 Å². The van der Waals surface area contributed by atoms with E-state index in [1.807, 2.05) is 6.08 Å². The molecule has 13 heavy (non-hydrogen) atoms. The molecule has 0 bridgehead atoms. The Bertz CT molecular complexity index is 176. The standard InChI is InChI=1S/C12H20O/c1-11(13)7-5-6-10-12-8-3-2-4-9-12/h5,7,12H,2-4,6,8-10H2,1H3. The van der Waals surface area contributed by atoms with Gasteiger partial charge in [0.25, 0.3) is 0 Å². The second-order valence-corrected chi connectivity index (χ2v) is 4.09. The maximum absolute atomic E-state index is 10.6. The summed E-state index contributed by atoms with van der Waals surface area (Å²) in [6.45, 7) is 1.61. The quantitative estimate of drug-likeness (QED) is 0.605. The van der Waals surface area contributed by atoms with Crippen LogP contribution in [0.2, 0.25) is 0 Å². The number of rotatable bonds is 4. The van der Waals surface area contributed by atoms with Crippen LogP contribution in [0.25, 0.3) is 0 Å². The first-order valence-corrected chi connectivity index (χ1v) is 5.46. The molecule has 1 fully saturated rings. The van der Waals surface area contributed by atoms with Gasteiger partial charge in [0.15, 0.2) is 5.78 Å². The molecular weight excluding hydrogens is 160 g/mol. The summed E-state index contributed by atoms with van der Waals surface area (Å²) in [5.74, 6) is 1.11. The topological polar surface area (TPSA) is 17.1 Å². The number of ketones is 1. The van der Waals surface area contributed by atoms with Gasteiger partial charge in [-0.2, -0.15) is 0 Å². The lowest BCUT2D eigenvalue weighted by molar-refractivity contribution is -0.112. The van der Waals surface area contributed by atoms with Crippen molar-refractivity contribution in [3.63, 3.8) is 0 Å². The molecule has 1 aliphatic carbocycles. The molecule has 0 aromatic rings. The number of hydrogen-bond donors (Lipinski definition) is 0. The zero-order chi connectivity index (χ0) is 9.52. The Hall–Kier alpha value is -0.590. The maximum Gasteiger partial charge on any atom is 0.152 e. The largest absolute Gasteiger partial charge is 0.295 e. The van der Waals surface area contributed by atoms with E-state index < -0.39 is 0 Å². The molecule has 1 nitrogen and oxygen atoms in total. The molecule has 0 amide bonds. The zero-order valence-corrected chi connectivity index (χ0v) is 8.59. The first-order chi connectivity index (χ1) is 6.29. The van der Waals surface area contributed by atoms with Crippen LogP contribution in [0.15, 0.2) is 12.2 Å². The van der Waals surface area contributed by atoms with E-state index in [4.69, 9.17) is 0 Å². The number of hydrogen-bond acceptors (Lipinski definition) is 1. The third kappa shape index (κ3) is 4.87. The third-order valence-electron chi connectivity index (χ3n) is 2.82. The van der Waals surface area contributed by atoms with Crippen LogP contribution in [0, 0.1) is 5.92 Å². The van der Waals surface area contributed by atoms with Gasteiger partial charge in [-0.1, -0.05) is 38.2 Å². The minimum Gasteiger partial charge on any atom is -0.295 e. The van der Waals surface area contributed by atoms with Crippen LogP contribution < -0.4 is 0 Å². The van der Waals surface area contributed by atoms with Crippen molar-refractivity contribution in [2.24, 2.45) is 5.92 Å². The second-order valence-electron chi connectivity index (χ2n) is 4.09. The Morgan fingerprint density at radius 3 is 2.62 bits per heavy atom. The second kappa shape index (κ2) is 5.95. The molecule has 0 aliphatic heterocycles. The highest BCUT2D eigenvalue weighted by atomic mass is 16.1. The van der Waals surface area contributed by atoms with Gasteiger partial charge in [0.05, 0.1) is 0 Å².